The van der Waals surface area contributed by atoms with Crippen molar-refractivity contribution in [2.45, 2.75) is 25.9 Å². The Kier molecular flexibility index (Phi) is 5.25. The Labute approximate surface area is 110 Å². The van der Waals surface area contributed by atoms with Gasteiger partial charge in [-0.15, -0.1) is 0 Å². The fourth-order valence-corrected chi connectivity index (χ4v) is 1.57. The zero-order valence-electron chi connectivity index (χ0n) is 10.6. The molecule has 1 rings (SSSR count). The van der Waals surface area contributed by atoms with Gasteiger partial charge in [0.25, 0.3) is 5.69 Å². The SMILES string of the molecule is CCC(O)CCNc1cc(C(N)=O)ccc1[N+](=O)[O-]. The molecule has 0 bridgehead atoms. The minimum atomic E-state index is -0.647. The first-order valence-corrected chi connectivity index (χ1v) is 5.95. The lowest BCUT2D eigenvalue weighted by molar-refractivity contribution is -0.384. The van der Waals surface area contributed by atoms with Crippen molar-refractivity contribution in [1.29, 1.82) is 0 Å². The Morgan fingerprint density at radius 1 is 1.58 bits per heavy atom. The van der Waals surface area contributed by atoms with E-state index in [-0.39, 0.29) is 16.9 Å². The van der Waals surface area contributed by atoms with Crippen molar-refractivity contribution in [2.75, 3.05) is 11.9 Å². The molecular formula is C12H17N3O4. The summed E-state index contributed by atoms with van der Waals surface area (Å²) < 4.78 is 0. The number of hydrogen-bond acceptors (Lipinski definition) is 5. The lowest BCUT2D eigenvalue weighted by atomic mass is 10.1. The average Bonchev–Trinajstić information content (AvgIpc) is 2.37. The van der Waals surface area contributed by atoms with Crippen LogP contribution in [0.2, 0.25) is 0 Å². The first-order chi connectivity index (χ1) is 8.95. The normalized spacial score (nSPS) is 11.9. The van der Waals surface area contributed by atoms with Gasteiger partial charge in [0.05, 0.1) is 11.0 Å². The average molecular weight is 267 g/mol. The van der Waals surface area contributed by atoms with E-state index < -0.39 is 16.9 Å². The van der Waals surface area contributed by atoms with Crippen LogP contribution in [0.1, 0.15) is 30.1 Å². The summed E-state index contributed by atoms with van der Waals surface area (Å²) in [5.74, 6) is -0.647. The topological polar surface area (TPSA) is 118 Å². The standard InChI is InChI=1S/C12H17N3O4/c1-2-9(16)5-6-14-10-7-8(12(13)17)3-4-11(10)15(18)19/h3-4,7,9,14,16H,2,5-6H2,1H3,(H2,13,17). The number of primary amides is 1. The van der Waals surface area contributed by atoms with Crippen LogP contribution in [-0.2, 0) is 0 Å². The maximum atomic E-state index is 11.0. The molecule has 1 aromatic rings. The van der Waals surface area contributed by atoms with Crippen LogP contribution in [0, 0.1) is 10.1 Å². The van der Waals surface area contributed by atoms with E-state index in [1.165, 1.54) is 18.2 Å². The number of nitrogens with one attached hydrogen (secondary N) is 1. The van der Waals surface area contributed by atoms with E-state index in [0.717, 1.165) is 0 Å². The molecule has 0 heterocycles. The number of aliphatic hydroxyl groups is 1. The third-order valence-corrected chi connectivity index (χ3v) is 2.74. The molecule has 0 saturated carbocycles. The number of anilines is 1. The Morgan fingerprint density at radius 3 is 2.79 bits per heavy atom. The molecule has 4 N–H and O–H groups in total. The van der Waals surface area contributed by atoms with Crippen LogP contribution in [-0.4, -0.2) is 28.6 Å². The molecule has 0 aliphatic rings. The number of benzene rings is 1. The molecule has 0 aliphatic carbocycles. The summed E-state index contributed by atoms with van der Waals surface area (Å²) in [6, 6.07) is 3.89. The van der Waals surface area contributed by atoms with Crippen molar-refractivity contribution >= 4 is 17.3 Å². The van der Waals surface area contributed by atoms with Crippen LogP contribution < -0.4 is 11.1 Å². The van der Waals surface area contributed by atoms with Crippen molar-refractivity contribution in [3.05, 3.63) is 33.9 Å². The molecular weight excluding hydrogens is 250 g/mol. The number of nitrogens with two attached hydrogens (primary N) is 1. The summed E-state index contributed by atoms with van der Waals surface area (Å²) in [6.45, 7) is 2.22. The largest absolute Gasteiger partial charge is 0.393 e. The van der Waals surface area contributed by atoms with Crippen LogP contribution >= 0.6 is 0 Å². The van der Waals surface area contributed by atoms with Crippen LogP contribution in [0.15, 0.2) is 18.2 Å². The summed E-state index contributed by atoms with van der Waals surface area (Å²) >= 11 is 0. The molecule has 0 aliphatic heterocycles. The fraction of sp³-hybridized carbons (Fsp3) is 0.417. The summed E-state index contributed by atoms with van der Waals surface area (Å²) in [6.07, 6.45) is 0.630. The predicted octanol–water partition coefficient (Wildman–Crippen LogP) is 1.27. The number of nitrogens with zero attached hydrogens (tertiary/aromatic N) is 1. The number of amides is 1. The first kappa shape index (κ1) is 14.9. The van der Waals surface area contributed by atoms with Crippen LogP contribution in [0.25, 0.3) is 0 Å². The Balaban J connectivity index is 2.85. The molecule has 0 aromatic heterocycles. The van der Waals surface area contributed by atoms with Gasteiger partial charge in [0.2, 0.25) is 5.91 Å². The van der Waals surface area contributed by atoms with Crippen molar-refractivity contribution in [3.8, 4) is 0 Å². The highest BCUT2D eigenvalue weighted by Crippen LogP contribution is 2.25. The quantitative estimate of drug-likeness (QED) is 0.507. The molecule has 7 nitrogen and oxygen atoms in total. The zero-order valence-corrected chi connectivity index (χ0v) is 10.6. The minimum Gasteiger partial charge on any atom is -0.393 e. The van der Waals surface area contributed by atoms with Crippen molar-refractivity contribution in [2.24, 2.45) is 5.73 Å². The summed E-state index contributed by atoms with van der Waals surface area (Å²) in [7, 11) is 0. The zero-order chi connectivity index (χ0) is 14.4. The van der Waals surface area contributed by atoms with Gasteiger partial charge in [0.15, 0.2) is 0 Å². The Morgan fingerprint density at radius 2 is 2.26 bits per heavy atom. The number of aliphatic hydroxyl groups excluding tert-OH is 1. The van der Waals surface area contributed by atoms with E-state index in [0.29, 0.717) is 19.4 Å². The summed E-state index contributed by atoms with van der Waals surface area (Å²) in [5, 5.41) is 23.1. The van der Waals surface area contributed by atoms with Gasteiger partial charge in [-0.25, -0.2) is 0 Å². The van der Waals surface area contributed by atoms with Crippen molar-refractivity contribution < 1.29 is 14.8 Å². The number of carbonyl (C=O) groups is 1. The van der Waals surface area contributed by atoms with Gasteiger partial charge in [-0.2, -0.15) is 0 Å². The number of carbonyl (C=O) groups excluding carboxylic acids is 1. The minimum absolute atomic E-state index is 0.129. The highest BCUT2D eigenvalue weighted by molar-refractivity contribution is 5.94. The number of rotatable bonds is 7. The summed E-state index contributed by atoms with van der Waals surface area (Å²) in [5.41, 5.74) is 5.43. The maximum Gasteiger partial charge on any atom is 0.292 e. The lowest BCUT2D eigenvalue weighted by Crippen LogP contribution is -2.15. The van der Waals surface area contributed by atoms with Crippen LogP contribution in [0.3, 0.4) is 0 Å². The number of nitro groups is 1. The molecule has 1 unspecified atom stereocenters. The van der Waals surface area contributed by atoms with E-state index in [4.69, 9.17) is 5.73 Å². The summed E-state index contributed by atoms with van der Waals surface area (Å²) in [4.78, 5) is 21.4. The molecule has 19 heavy (non-hydrogen) atoms. The van der Waals surface area contributed by atoms with E-state index in [9.17, 15) is 20.0 Å². The van der Waals surface area contributed by atoms with Gasteiger partial charge in [-0.3, -0.25) is 14.9 Å². The first-order valence-electron chi connectivity index (χ1n) is 5.95. The smallest absolute Gasteiger partial charge is 0.292 e. The second-order valence-electron chi connectivity index (χ2n) is 4.13. The van der Waals surface area contributed by atoms with Crippen molar-refractivity contribution in [1.82, 2.24) is 0 Å². The molecule has 0 fully saturated rings. The highest BCUT2D eigenvalue weighted by Gasteiger charge is 2.15. The van der Waals surface area contributed by atoms with Gasteiger partial charge in [0.1, 0.15) is 5.69 Å². The van der Waals surface area contributed by atoms with Gasteiger partial charge < -0.3 is 16.2 Å². The van der Waals surface area contributed by atoms with Crippen molar-refractivity contribution in [3.63, 3.8) is 0 Å². The Hall–Kier alpha value is -2.15. The maximum absolute atomic E-state index is 11.0. The second kappa shape index (κ2) is 6.69. The molecule has 0 saturated heterocycles. The van der Waals surface area contributed by atoms with Gasteiger partial charge in [-0.1, -0.05) is 6.92 Å². The van der Waals surface area contributed by atoms with Crippen LogP contribution in [0.4, 0.5) is 11.4 Å². The molecule has 1 amide bonds. The highest BCUT2D eigenvalue weighted by atomic mass is 16.6. The van der Waals surface area contributed by atoms with E-state index in [1.807, 2.05) is 6.92 Å². The van der Waals surface area contributed by atoms with Crippen LogP contribution in [0.5, 0.6) is 0 Å². The molecule has 1 aromatic carbocycles. The van der Waals surface area contributed by atoms with Gasteiger partial charge in [-0.05, 0) is 25.0 Å². The molecule has 104 valence electrons. The predicted molar refractivity (Wildman–Crippen MR) is 71.0 cm³/mol. The number of hydrogen-bond donors (Lipinski definition) is 3. The molecule has 7 heteroatoms. The number of nitro benzene ring substituents is 1. The Bertz CT molecular complexity index is 476. The fourth-order valence-electron chi connectivity index (χ4n) is 1.57. The van der Waals surface area contributed by atoms with E-state index >= 15 is 0 Å². The third-order valence-electron chi connectivity index (χ3n) is 2.74. The van der Waals surface area contributed by atoms with Gasteiger partial charge >= 0.3 is 0 Å². The monoisotopic (exact) mass is 267 g/mol. The molecule has 0 radical (unpaired) electrons. The van der Waals surface area contributed by atoms with E-state index in [1.54, 1.807) is 0 Å². The molecule has 1 atom stereocenters. The lowest BCUT2D eigenvalue weighted by Gasteiger charge is -2.10. The third kappa shape index (κ3) is 4.22. The van der Waals surface area contributed by atoms with Gasteiger partial charge in [0, 0.05) is 18.2 Å². The molecule has 0 spiro atoms. The van der Waals surface area contributed by atoms with E-state index in [2.05, 4.69) is 5.32 Å². The second-order valence-corrected chi connectivity index (χ2v) is 4.13.